The molecule has 26 heavy (non-hydrogen) atoms. The molecule has 6 nitrogen and oxygen atoms in total. The second kappa shape index (κ2) is 9.70. The van der Waals surface area contributed by atoms with E-state index in [0.29, 0.717) is 19.0 Å². The van der Waals surface area contributed by atoms with E-state index in [9.17, 15) is 14.7 Å². The molecule has 0 aromatic heterocycles. The van der Waals surface area contributed by atoms with Crippen LogP contribution in [0, 0.1) is 11.8 Å². The Morgan fingerprint density at radius 1 is 1.04 bits per heavy atom. The third kappa shape index (κ3) is 5.43. The minimum atomic E-state index is -0.448. The molecule has 0 radical (unpaired) electrons. The van der Waals surface area contributed by atoms with Crippen molar-refractivity contribution in [3.8, 4) is 0 Å². The van der Waals surface area contributed by atoms with Crippen LogP contribution in [0.1, 0.15) is 59.3 Å². The van der Waals surface area contributed by atoms with E-state index in [-0.39, 0.29) is 30.9 Å². The van der Waals surface area contributed by atoms with Gasteiger partial charge in [-0.25, -0.2) is 0 Å². The predicted molar refractivity (Wildman–Crippen MR) is 103 cm³/mol. The molecular weight excluding hydrogens is 330 g/mol. The number of aliphatic hydroxyl groups excluding tert-OH is 1. The number of piperidine rings is 1. The summed E-state index contributed by atoms with van der Waals surface area (Å²) in [5, 5.41) is 12.8. The zero-order chi connectivity index (χ0) is 19.2. The van der Waals surface area contributed by atoms with E-state index < -0.39 is 5.54 Å². The van der Waals surface area contributed by atoms with Gasteiger partial charge in [-0.2, -0.15) is 0 Å². The van der Waals surface area contributed by atoms with Gasteiger partial charge in [0.05, 0.1) is 13.2 Å². The predicted octanol–water partition coefficient (Wildman–Crippen LogP) is 1.62. The van der Waals surface area contributed by atoms with Crippen LogP contribution in [0.5, 0.6) is 0 Å². The van der Waals surface area contributed by atoms with Crippen LogP contribution in [0.4, 0.5) is 0 Å². The van der Waals surface area contributed by atoms with Crippen molar-refractivity contribution in [3.63, 3.8) is 0 Å². The quantitative estimate of drug-likeness (QED) is 0.748. The fraction of sp³-hybridized carbons (Fsp3) is 0.900. The molecule has 6 heteroatoms. The summed E-state index contributed by atoms with van der Waals surface area (Å²) < 4.78 is 0. The van der Waals surface area contributed by atoms with Gasteiger partial charge in [-0.15, -0.1) is 0 Å². The fourth-order valence-corrected chi connectivity index (χ4v) is 3.76. The van der Waals surface area contributed by atoms with Crippen LogP contribution in [-0.2, 0) is 9.59 Å². The zero-order valence-electron chi connectivity index (χ0n) is 16.8. The minimum absolute atomic E-state index is 0.00432. The summed E-state index contributed by atoms with van der Waals surface area (Å²) in [5.41, 5.74) is -0.448. The number of nitrogens with zero attached hydrogens (tertiary/aromatic N) is 2. The molecule has 2 saturated heterocycles. The third-order valence-corrected chi connectivity index (χ3v) is 6.36. The average molecular weight is 368 g/mol. The molecule has 2 aliphatic rings. The van der Waals surface area contributed by atoms with Gasteiger partial charge in [0.25, 0.3) is 0 Å². The number of carbonyl (C=O) groups excluding carboxylic acids is 2. The van der Waals surface area contributed by atoms with Crippen molar-refractivity contribution in [2.45, 2.75) is 64.8 Å². The van der Waals surface area contributed by atoms with E-state index in [2.05, 4.69) is 5.32 Å². The van der Waals surface area contributed by atoms with Gasteiger partial charge >= 0.3 is 0 Å². The molecule has 0 bridgehead atoms. The summed E-state index contributed by atoms with van der Waals surface area (Å²) in [6.45, 7) is 9.36. The number of hydrogen-bond acceptors (Lipinski definition) is 4. The highest BCUT2D eigenvalue weighted by molar-refractivity contribution is 5.81. The number of likely N-dealkylation sites (tertiary alicyclic amines) is 2. The van der Waals surface area contributed by atoms with E-state index in [1.54, 1.807) is 0 Å². The van der Waals surface area contributed by atoms with Crippen LogP contribution >= 0.6 is 0 Å². The van der Waals surface area contributed by atoms with Crippen LogP contribution in [0.3, 0.4) is 0 Å². The molecule has 2 heterocycles. The Morgan fingerprint density at radius 3 is 2.12 bits per heavy atom. The Balaban J connectivity index is 1.78. The summed E-state index contributed by atoms with van der Waals surface area (Å²) in [6.07, 6.45) is 6.23. The first-order valence-electron chi connectivity index (χ1n) is 10.3. The Kier molecular flexibility index (Phi) is 7.89. The first kappa shape index (κ1) is 21.2. The maximum atomic E-state index is 12.7. The van der Waals surface area contributed by atoms with Crippen molar-refractivity contribution in [1.29, 1.82) is 0 Å². The number of nitrogens with one attached hydrogen (secondary N) is 1. The normalized spacial score (nSPS) is 22.2. The summed E-state index contributed by atoms with van der Waals surface area (Å²) >= 11 is 0. The molecule has 2 N–H and O–H groups in total. The molecule has 2 aliphatic heterocycles. The lowest BCUT2D eigenvalue weighted by Gasteiger charge is -2.36. The van der Waals surface area contributed by atoms with Gasteiger partial charge in [-0.3, -0.25) is 9.59 Å². The summed E-state index contributed by atoms with van der Waals surface area (Å²) in [6, 6.07) is 0. The lowest BCUT2D eigenvalue weighted by molar-refractivity contribution is -0.140. The average Bonchev–Trinajstić information content (AvgIpc) is 2.94. The molecular formula is C20H37N3O3. The van der Waals surface area contributed by atoms with Gasteiger partial charge in [-0.05, 0) is 38.5 Å². The van der Waals surface area contributed by atoms with Crippen molar-refractivity contribution in [1.82, 2.24) is 15.1 Å². The third-order valence-electron chi connectivity index (χ3n) is 6.36. The van der Waals surface area contributed by atoms with Gasteiger partial charge in [0.1, 0.15) is 0 Å². The Hall–Kier alpha value is -1.14. The van der Waals surface area contributed by atoms with Crippen LogP contribution in [0.25, 0.3) is 0 Å². The molecule has 1 atom stereocenters. The topological polar surface area (TPSA) is 72.9 Å². The largest absolute Gasteiger partial charge is 0.394 e. The van der Waals surface area contributed by atoms with Crippen molar-refractivity contribution in [3.05, 3.63) is 0 Å². The highest BCUT2D eigenvalue weighted by Gasteiger charge is 2.32. The maximum Gasteiger partial charge on any atom is 0.236 e. The zero-order valence-corrected chi connectivity index (χ0v) is 16.8. The van der Waals surface area contributed by atoms with Gasteiger partial charge < -0.3 is 20.2 Å². The number of aliphatic hydroxyl groups is 1. The number of hydrogen-bond donors (Lipinski definition) is 2. The van der Waals surface area contributed by atoms with Crippen LogP contribution in [0.2, 0.25) is 0 Å². The lowest BCUT2D eigenvalue weighted by atomic mass is 9.89. The first-order chi connectivity index (χ1) is 12.4. The summed E-state index contributed by atoms with van der Waals surface area (Å²) in [5.74, 6) is 0.663. The Morgan fingerprint density at radius 2 is 1.62 bits per heavy atom. The van der Waals surface area contributed by atoms with Crippen molar-refractivity contribution < 1.29 is 14.7 Å². The highest BCUT2D eigenvalue weighted by Crippen LogP contribution is 2.22. The number of amides is 2. The van der Waals surface area contributed by atoms with Gasteiger partial charge in [0, 0.05) is 37.6 Å². The molecule has 2 amide bonds. The van der Waals surface area contributed by atoms with Gasteiger partial charge in [0.2, 0.25) is 11.8 Å². The number of rotatable bonds is 6. The summed E-state index contributed by atoms with van der Waals surface area (Å²) in [4.78, 5) is 29.1. The lowest BCUT2D eigenvalue weighted by Crippen LogP contribution is -2.54. The van der Waals surface area contributed by atoms with E-state index >= 15 is 0 Å². The molecule has 2 fully saturated rings. The fourth-order valence-electron chi connectivity index (χ4n) is 3.76. The van der Waals surface area contributed by atoms with E-state index in [0.717, 1.165) is 38.8 Å². The summed E-state index contributed by atoms with van der Waals surface area (Å²) in [7, 11) is 0. The Bertz CT molecular complexity index is 467. The van der Waals surface area contributed by atoms with Crippen LogP contribution < -0.4 is 5.32 Å². The minimum Gasteiger partial charge on any atom is -0.394 e. The molecule has 150 valence electrons. The van der Waals surface area contributed by atoms with Crippen molar-refractivity contribution >= 4 is 11.8 Å². The number of carbonyl (C=O) groups is 2. The molecule has 0 aromatic carbocycles. The van der Waals surface area contributed by atoms with E-state index in [1.165, 1.54) is 12.8 Å². The van der Waals surface area contributed by atoms with Gasteiger partial charge in [0.15, 0.2) is 0 Å². The molecule has 0 aliphatic carbocycles. The smallest absolute Gasteiger partial charge is 0.236 e. The van der Waals surface area contributed by atoms with Crippen LogP contribution in [0.15, 0.2) is 0 Å². The van der Waals surface area contributed by atoms with E-state index in [4.69, 9.17) is 0 Å². The molecule has 0 aromatic rings. The SMILES string of the molecule is CC(C)C(C)(CO)NCC(=O)N1CCC(C(=O)N2CCCCCC2)CC1. The first-order valence-corrected chi connectivity index (χ1v) is 10.3. The standard InChI is InChI=1S/C20H37N3O3/c1-16(2)20(3,15-24)21-14-18(25)22-12-8-17(9-13-22)19(26)23-10-6-4-5-7-11-23/h16-17,21,24H,4-15H2,1-3H3. The van der Waals surface area contributed by atoms with Crippen LogP contribution in [-0.4, -0.2) is 71.6 Å². The van der Waals surface area contributed by atoms with Crippen molar-refractivity contribution in [2.75, 3.05) is 39.3 Å². The second-order valence-electron chi connectivity index (χ2n) is 8.48. The van der Waals surface area contributed by atoms with E-state index in [1.807, 2.05) is 30.6 Å². The second-order valence-corrected chi connectivity index (χ2v) is 8.48. The molecule has 0 saturated carbocycles. The monoisotopic (exact) mass is 367 g/mol. The molecule has 0 spiro atoms. The molecule has 1 unspecified atom stereocenters. The highest BCUT2D eigenvalue weighted by atomic mass is 16.3. The van der Waals surface area contributed by atoms with Gasteiger partial charge in [-0.1, -0.05) is 26.7 Å². The maximum absolute atomic E-state index is 12.7. The van der Waals surface area contributed by atoms with Crippen molar-refractivity contribution in [2.24, 2.45) is 11.8 Å². The molecule has 2 rings (SSSR count). The Labute approximate surface area is 158 Å².